The van der Waals surface area contributed by atoms with Gasteiger partial charge in [-0.1, -0.05) is 23.2 Å². The highest BCUT2D eigenvalue weighted by Gasteiger charge is 2.16. The Hall–Kier alpha value is -3.56. The molecule has 0 saturated carbocycles. The number of halogens is 2. The summed E-state index contributed by atoms with van der Waals surface area (Å²) in [4.78, 5) is 32.2. The minimum atomic E-state index is -0.621. The fourth-order valence-corrected chi connectivity index (χ4v) is 3.19. The molecule has 31 heavy (non-hydrogen) atoms. The van der Waals surface area contributed by atoms with Crippen LogP contribution in [-0.4, -0.2) is 36.1 Å². The molecule has 0 saturated heterocycles. The molecule has 0 spiro atoms. The van der Waals surface area contributed by atoms with Crippen molar-refractivity contribution in [2.75, 3.05) is 30.6 Å². The van der Waals surface area contributed by atoms with E-state index in [4.69, 9.17) is 38.4 Å². The molecule has 3 aromatic rings. The molecule has 0 atom stereocenters. The van der Waals surface area contributed by atoms with Crippen molar-refractivity contribution < 1.29 is 19.1 Å². The maximum atomic E-state index is 12.0. The van der Waals surface area contributed by atoms with E-state index in [1.54, 1.807) is 18.2 Å². The third-order valence-corrected chi connectivity index (χ3v) is 4.48. The van der Waals surface area contributed by atoms with Gasteiger partial charge in [-0.25, -0.2) is 19.6 Å². The summed E-state index contributed by atoms with van der Waals surface area (Å²) < 4.78 is 9.48. The number of nitrogen functional groups attached to an aromatic ring is 1. The summed E-state index contributed by atoms with van der Waals surface area (Å²) in [6.07, 6.45) is 1.29. The first-order chi connectivity index (χ1) is 14.8. The molecule has 0 aliphatic rings. The molecule has 9 nitrogen and oxygen atoms in total. The highest BCUT2D eigenvalue weighted by atomic mass is 35.5. The molecular weight excluding hydrogens is 445 g/mol. The van der Waals surface area contributed by atoms with Crippen molar-refractivity contribution in [2.45, 2.75) is 0 Å². The summed E-state index contributed by atoms with van der Waals surface area (Å²) in [6, 6.07) is 9.25. The minimum Gasteiger partial charge on any atom is -0.465 e. The van der Waals surface area contributed by atoms with Gasteiger partial charge >= 0.3 is 11.9 Å². The van der Waals surface area contributed by atoms with E-state index in [-0.39, 0.29) is 22.6 Å². The second-order valence-electron chi connectivity index (χ2n) is 6.17. The maximum Gasteiger partial charge on any atom is 0.337 e. The first kappa shape index (κ1) is 22.1. The predicted octanol–water partition coefficient (Wildman–Crippen LogP) is 4.43. The van der Waals surface area contributed by atoms with Crippen LogP contribution in [0.1, 0.15) is 20.7 Å². The van der Waals surface area contributed by atoms with Crippen LogP contribution < -0.4 is 16.4 Å². The number of benzene rings is 2. The van der Waals surface area contributed by atoms with Crippen molar-refractivity contribution in [3.8, 4) is 0 Å². The van der Waals surface area contributed by atoms with Crippen LogP contribution in [0.3, 0.4) is 0 Å². The number of methoxy groups -OCH3 is 2. The molecule has 0 amide bonds. The molecule has 0 aliphatic heterocycles. The Morgan fingerprint density at radius 3 is 1.71 bits per heavy atom. The second kappa shape index (κ2) is 9.50. The summed E-state index contributed by atoms with van der Waals surface area (Å²) in [5, 5.41) is 6.88. The third-order valence-electron chi connectivity index (χ3n) is 4.05. The summed E-state index contributed by atoms with van der Waals surface area (Å²) in [5.74, 6) is -0.703. The summed E-state index contributed by atoms with van der Waals surface area (Å²) in [5.41, 5.74) is 7.62. The van der Waals surface area contributed by atoms with E-state index in [9.17, 15) is 9.59 Å². The molecule has 0 aliphatic carbocycles. The Labute approximate surface area is 187 Å². The number of ether oxygens (including phenoxy) is 2. The lowest BCUT2D eigenvalue weighted by atomic mass is 10.1. The Morgan fingerprint density at radius 2 is 1.26 bits per heavy atom. The fourth-order valence-electron chi connectivity index (χ4n) is 2.67. The first-order valence-corrected chi connectivity index (χ1v) is 9.48. The van der Waals surface area contributed by atoms with Crippen LogP contribution >= 0.6 is 23.2 Å². The van der Waals surface area contributed by atoms with Crippen LogP contribution in [0.4, 0.5) is 28.7 Å². The number of carbonyl (C=O) groups excluding carboxylic acids is 2. The number of hydrogen-bond acceptors (Lipinski definition) is 9. The Kier molecular flexibility index (Phi) is 6.78. The maximum absolute atomic E-state index is 12.0. The van der Waals surface area contributed by atoms with E-state index in [0.717, 1.165) is 0 Å². The number of hydrogen-bond donors (Lipinski definition) is 3. The van der Waals surface area contributed by atoms with Crippen molar-refractivity contribution in [3.63, 3.8) is 0 Å². The van der Waals surface area contributed by atoms with Gasteiger partial charge in [-0.3, -0.25) is 0 Å². The number of anilines is 5. The Bertz CT molecular complexity index is 1100. The van der Waals surface area contributed by atoms with Gasteiger partial charge < -0.3 is 25.8 Å². The van der Waals surface area contributed by atoms with Crippen LogP contribution in [0.25, 0.3) is 0 Å². The molecule has 11 heteroatoms. The molecule has 2 aromatic carbocycles. The van der Waals surface area contributed by atoms with E-state index in [0.29, 0.717) is 27.2 Å². The van der Waals surface area contributed by atoms with Crippen molar-refractivity contribution in [3.05, 3.63) is 63.9 Å². The average molecular weight is 462 g/mol. The Balaban J connectivity index is 1.95. The average Bonchev–Trinajstić information content (AvgIpc) is 2.74. The second-order valence-corrected chi connectivity index (χ2v) is 7.05. The van der Waals surface area contributed by atoms with Gasteiger partial charge in [-0.15, -0.1) is 0 Å². The minimum absolute atomic E-state index is 0.146. The van der Waals surface area contributed by atoms with E-state index in [1.165, 1.54) is 38.7 Å². The zero-order valence-electron chi connectivity index (χ0n) is 16.4. The van der Waals surface area contributed by atoms with E-state index >= 15 is 0 Å². The van der Waals surface area contributed by atoms with Crippen molar-refractivity contribution in [1.29, 1.82) is 0 Å². The van der Waals surface area contributed by atoms with Gasteiger partial charge in [0.25, 0.3) is 0 Å². The molecule has 3 rings (SSSR count). The van der Waals surface area contributed by atoms with E-state index in [1.807, 2.05) is 0 Å². The molecular formula is C20H17Cl2N5O4. The molecule has 0 bridgehead atoms. The predicted molar refractivity (Wildman–Crippen MR) is 119 cm³/mol. The van der Waals surface area contributed by atoms with E-state index in [2.05, 4.69) is 20.6 Å². The number of nitrogens with two attached hydrogens (primary N) is 1. The van der Waals surface area contributed by atoms with Crippen LogP contribution in [0.5, 0.6) is 0 Å². The van der Waals surface area contributed by atoms with Gasteiger partial charge in [0.1, 0.15) is 12.0 Å². The standard InChI is InChI=1S/C20H17Cl2N5O4/c1-30-19(28)10-3-11(20(29)31-2)5-14(4-10)26-17-16(23)18(25-9-24-17)27-15-7-12(21)6-13(22)8-15/h3-9H,23H2,1-2H3,(H2,24,25,26,27). The largest absolute Gasteiger partial charge is 0.465 e. The molecule has 160 valence electrons. The lowest BCUT2D eigenvalue weighted by Gasteiger charge is -2.14. The quantitative estimate of drug-likeness (QED) is 0.456. The lowest BCUT2D eigenvalue weighted by Crippen LogP contribution is -2.09. The number of nitrogens with zero attached hydrogens (tertiary/aromatic N) is 2. The number of carbonyl (C=O) groups is 2. The molecule has 1 aromatic heterocycles. The highest BCUT2D eigenvalue weighted by Crippen LogP contribution is 2.31. The fraction of sp³-hybridized carbons (Fsp3) is 0.100. The van der Waals surface area contributed by atoms with Crippen LogP contribution in [0.15, 0.2) is 42.7 Å². The lowest BCUT2D eigenvalue weighted by molar-refractivity contribution is 0.0599. The SMILES string of the molecule is COC(=O)c1cc(Nc2ncnc(Nc3cc(Cl)cc(Cl)c3)c2N)cc(C(=O)OC)c1. The number of aromatic nitrogens is 2. The van der Waals surface area contributed by atoms with Gasteiger partial charge in [0.2, 0.25) is 0 Å². The van der Waals surface area contributed by atoms with Crippen LogP contribution in [0.2, 0.25) is 10.0 Å². The van der Waals surface area contributed by atoms with Crippen molar-refractivity contribution >= 4 is 63.8 Å². The van der Waals surface area contributed by atoms with Crippen LogP contribution in [0, 0.1) is 0 Å². The van der Waals surface area contributed by atoms with E-state index < -0.39 is 11.9 Å². The zero-order chi connectivity index (χ0) is 22.5. The first-order valence-electron chi connectivity index (χ1n) is 8.73. The molecule has 0 unspecified atom stereocenters. The monoisotopic (exact) mass is 461 g/mol. The molecule has 4 N–H and O–H groups in total. The smallest absolute Gasteiger partial charge is 0.337 e. The van der Waals surface area contributed by atoms with Gasteiger partial charge in [0.15, 0.2) is 11.6 Å². The number of rotatable bonds is 6. The normalized spacial score (nSPS) is 10.3. The van der Waals surface area contributed by atoms with Gasteiger partial charge in [0, 0.05) is 21.4 Å². The van der Waals surface area contributed by atoms with Crippen LogP contribution in [-0.2, 0) is 9.47 Å². The zero-order valence-corrected chi connectivity index (χ0v) is 17.9. The topological polar surface area (TPSA) is 128 Å². The van der Waals surface area contributed by atoms with Crippen molar-refractivity contribution in [2.24, 2.45) is 0 Å². The molecule has 0 fully saturated rings. The van der Waals surface area contributed by atoms with Gasteiger partial charge in [-0.05, 0) is 36.4 Å². The molecule has 1 heterocycles. The van der Waals surface area contributed by atoms with Crippen molar-refractivity contribution in [1.82, 2.24) is 9.97 Å². The Morgan fingerprint density at radius 1 is 0.806 bits per heavy atom. The summed E-state index contributed by atoms with van der Waals surface area (Å²) in [7, 11) is 2.48. The number of nitrogens with one attached hydrogen (secondary N) is 2. The molecule has 0 radical (unpaired) electrons. The number of esters is 2. The highest BCUT2D eigenvalue weighted by molar-refractivity contribution is 6.35. The third kappa shape index (κ3) is 5.33. The summed E-state index contributed by atoms with van der Waals surface area (Å²) in [6.45, 7) is 0. The van der Waals surface area contributed by atoms with Gasteiger partial charge in [0.05, 0.1) is 25.3 Å². The van der Waals surface area contributed by atoms with Gasteiger partial charge in [-0.2, -0.15) is 0 Å². The summed E-state index contributed by atoms with van der Waals surface area (Å²) >= 11 is 12.0.